The van der Waals surface area contributed by atoms with Gasteiger partial charge in [0, 0.05) is 24.7 Å². The van der Waals surface area contributed by atoms with Crippen LogP contribution >= 0.6 is 0 Å². The summed E-state index contributed by atoms with van der Waals surface area (Å²) < 4.78 is 15.7. The van der Waals surface area contributed by atoms with E-state index in [0.29, 0.717) is 35.0 Å². The number of hydrogen-bond acceptors (Lipinski definition) is 6. The molecule has 1 N–H and O–H groups in total. The number of ether oxygens (including phenoxy) is 3. The molecule has 8 heteroatoms. The molecule has 0 bridgehead atoms. The first kappa shape index (κ1) is 22.1. The first-order chi connectivity index (χ1) is 15.0. The Morgan fingerprint density at radius 3 is 2.48 bits per heavy atom. The highest BCUT2D eigenvalue weighted by Crippen LogP contribution is 2.36. The van der Waals surface area contributed by atoms with Crippen molar-refractivity contribution < 1.29 is 28.6 Å². The Bertz CT molecular complexity index is 957. The van der Waals surface area contributed by atoms with Crippen molar-refractivity contribution in [3.05, 3.63) is 48.0 Å². The molecular weight excluding hydrogens is 400 g/mol. The second-order valence-corrected chi connectivity index (χ2v) is 7.15. The number of hydrogen-bond donors (Lipinski definition) is 1. The molecule has 1 fully saturated rings. The van der Waals surface area contributed by atoms with E-state index in [4.69, 9.17) is 14.2 Å². The molecule has 1 atom stereocenters. The van der Waals surface area contributed by atoms with Crippen LogP contribution in [0.15, 0.2) is 42.5 Å². The molecule has 0 unspecified atom stereocenters. The number of carbonyl (C=O) groups is 3. The van der Waals surface area contributed by atoms with E-state index in [2.05, 4.69) is 5.32 Å². The van der Waals surface area contributed by atoms with Crippen LogP contribution in [0.3, 0.4) is 0 Å². The van der Waals surface area contributed by atoms with Crippen molar-refractivity contribution in [3.63, 3.8) is 0 Å². The Morgan fingerprint density at radius 2 is 1.84 bits per heavy atom. The van der Waals surface area contributed by atoms with Gasteiger partial charge >= 0.3 is 5.97 Å². The van der Waals surface area contributed by atoms with Crippen molar-refractivity contribution in [1.29, 1.82) is 0 Å². The molecule has 8 nitrogen and oxygen atoms in total. The lowest BCUT2D eigenvalue weighted by molar-refractivity contribution is -0.122. The molecule has 0 aliphatic carbocycles. The van der Waals surface area contributed by atoms with Gasteiger partial charge in [-0.15, -0.1) is 0 Å². The largest absolute Gasteiger partial charge is 0.497 e. The zero-order valence-corrected chi connectivity index (χ0v) is 17.8. The van der Waals surface area contributed by atoms with E-state index in [0.717, 1.165) is 6.42 Å². The number of carbonyl (C=O) groups excluding carboxylic acids is 3. The summed E-state index contributed by atoms with van der Waals surface area (Å²) in [6.45, 7) is 2.53. The third-order valence-corrected chi connectivity index (χ3v) is 5.00. The van der Waals surface area contributed by atoms with Gasteiger partial charge in [-0.3, -0.25) is 9.59 Å². The average molecular weight is 426 g/mol. The SMILES string of the molecule is CCCOC(=O)c1ccc(NC(=O)[C@H]2CC(=O)N(c3ccc(OC)cc3OC)C2)cc1. The summed E-state index contributed by atoms with van der Waals surface area (Å²) in [5.74, 6) is -0.205. The minimum absolute atomic E-state index is 0.0996. The predicted octanol–water partition coefficient (Wildman–Crippen LogP) is 3.26. The Balaban J connectivity index is 1.65. The van der Waals surface area contributed by atoms with Crippen LogP contribution in [0.2, 0.25) is 0 Å². The van der Waals surface area contributed by atoms with E-state index in [1.165, 1.54) is 7.11 Å². The number of rotatable bonds is 8. The van der Waals surface area contributed by atoms with Crippen LogP contribution in [-0.4, -0.2) is 45.2 Å². The molecule has 1 heterocycles. The van der Waals surface area contributed by atoms with Crippen molar-refractivity contribution in [2.45, 2.75) is 19.8 Å². The van der Waals surface area contributed by atoms with Gasteiger partial charge in [0.25, 0.3) is 0 Å². The summed E-state index contributed by atoms with van der Waals surface area (Å²) in [6.07, 6.45) is 0.849. The van der Waals surface area contributed by atoms with Crippen molar-refractivity contribution >= 4 is 29.2 Å². The van der Waals surface area contributed by atoms with Gasteiger partial charge in [-0.2, -0.15) is 0 Å². The van der Waals surface area contributed by atoms with Crippen LogP contribution in [0.4, 0.5) is 11.4 Å². The molecule has 0 spiro atoms. The van der Waals surface area contributed by atoms with E-state index < -0.39 is 11.9 Å². The monoisotopic (exact) mass is 426 g/mol. The zero-order valence-electron chi connectivity index (χ0n) is 17.8. The molecule has 2 aromatic carbocycles. The van der Waals surface area contributed by atoms with Crippen molar-refractivity contribution in [3.8, 4) is 11.5 Å². The molecule has 164 valence electrons. The predicted molar refractivity (Wildman–Crippen MR) is 116 cm³/mol. The maximum absolute atomic E-state index is 12.7. The maximum Gasteiger partial charge on any atom is 0.338 e. The molecule has 1 aliphatic heterocycles. The molecule has 0 aromatic heterocycles. The zero-order chi connectivity index (χ0) is 22.4. The lowest BCUT2D eigenvalue weighted by atomic mass is 10.1. The standard InChI is InChI=1S/C23H26N2O6/c1-4-11-31-23(28)15-5-7-17(8-6-15)24-22(27)16-12-21(26)25(14-16)19-10-9-18(29-2)13-20(19)30-3/h5-10,13,16H,4,11-12,14H2,1-3H3,(H,24,27)/t16-/m0/s1. The lowest BCUT2D eigenvalue weighted by Crippen LogP contribution is -2.28. The van der Waals surface area contributed by atoms with Crippen LogP contribution in [0.1, 0.15) is 30.1 Å². The summed E-state index contributed by atoms with van der Waals surface area (Å²) in [7, 11) is 3.07. The van der Waals surface area contributed by atoms with Gasteiger partial charge in [-0.25, -0.2) is 4.79 Å². The Hall–Kier alpha value is -3.55. The van der Waals surface area contributed by atoms with Crippen molar-refractivity contribution in [2.75, 3.05) is 37.6 Å². The van der Waals surface area contributed by atoms with Gasteiger partial charge in [-0.05, 0) is 42.8 Å². The van der Waals surface area contributed by atoms with E-state index in [1.807, 2.05) is 6.92 Å². The quantitative estimate of drug-likeness (QED) is 0.651. The van der Waals surface area contributed by atoms with Crippen LogP contribution in [0, 0.1) is 5.92 Å². The highest BCUT2D eigenvalue weighted by molar-refractivity contribution is 6.04. The van der Waals surface area contributed by atoms with Gasteiger partial charge in [0.05, 0.1) is 38.0 Å². The minimum atomic E-state index is -0.506. The lowest BCUT2D eigenvalue weighted by Gasteiger charge is -2.20. The summed E-state index contributed by atoms with van der Waals surface area (Å²) in [4.78, 5) is 38.7. The average Bonchev–Trinajstić information content (AvgIpc) is 3.18. The van der Waals surface area contributed by atoms with Crippen molar-refractivity contribution in [2.24, 2.45) is 5.92 Å². The molecule has 31 heavy (non-hydrogen) atoms. The van der Waals surface area contributed by atoms with E-state index in [1.54, 1.807) is 54.5 Å². The fourth-order valence-electron chi connectivity index (χ4n) is 3.34. The third-order valence-electron chi connectivity index (χ3n) is 5.00. The Kier molecular flexibility index (Phi) is 7.12. The van der Waals surface area contributed by atoms with Crippen LogP contribution in [0.5, 0.6) is 11.5 Å². The molecule has 1 aliphatic rings. The number of amides is 2. The molecule has 0 saturated carbocycles. The van der Waals surface area contributed by atoms with Gasteiger partial charge < -0.3 is 24.4 Å². The minimum Gasteiger partial charge on any atom is -0.497 e. The smallest absolute Gasteiger partial charge is 0.338 e. The molecular formula is C23H26N2O6. The fourth-order valence-corrected chi connectivity index (χ4v) is 3.34. The number of methoxy groups -OCH3 is 2. The summed E-state index contributed by atoms with van der Waals surface area (Å²) in [5.41, 5.74) is 1.56. The van der Waals surface area contributed by atoms with Crippen LogP contribution < -0.4 is 19.7 Å². The number of esters is 1. The molecule has 0 radical (unpaired) electrons. The molecule has 2 aromatic rings. The Labute approximate surface area is 181 Å². The first-order valence-electron chi connectivity index (χ1n) is 10.1. The highest BCUT2D eigenvalue weighted by atomic mass is 16.5. The molecule has 2 amide bonds. The van der Waals surface area contributed by atoms with Gasteiger partial charge in [0.15, 0.2) is 0 Å². The second-order valence-electron chi connectivity index (χ2n) is 7.15. The van der Waals surface area contributed by atoms with E-state index in [9.17, 15) is 14.4 Å². The Morgan fingerprint density at radius 1 is 1.10 bits per heavy atom. The van der Waals surface area contributed by atoms with Crippen LogP contribution in [-0.2, 0) is 14.3 Å². The fraction of sp³-hybridized carbons (Fsp3) is 0.348. The normalized spacial score (nSPS) is 15.5. The van der Waals surface area contributed by atoms with Crippen LogP contribution in [0.25, 0.3) is 0 Å². The van der Waals surface area contributed by atoms with Gasteiger partial charge in [0.2, 0.25) is 11.8 Å². The number of nitrogens with one attached hydrogen (secondary N) is 1. The van der Waals surface area contributed by atoms with E-state index >= 15 is 0 Å². The summed E-state index contributed by atoms with van der Waals surface area (Å²) in [5, 5.41) is 2.81. The molecule has 3 rings (SSSR count). The van der Waals surface area contributed by atoms with Gasteiger partial charge in [0.1, 0.15) is 11.5 Å². The first-order valence-corrected chi connectivity index (χ1v) is 10.1. The topological polar surface area (TPSA) is 94.2 Å². The summed E-state index contributed by atoms with van der Waals surface area (Å²) >= 11 is 0. The number of anilines is 2. The van der Waals surface area contributed by atoms with Gasteiger partial charge in [-0.1, -0.05) is 6.92 Å². The molecule has 1 saturated heterocycles. The van der Waals surface area contributed by atoms with E-state index in [-0.39, 0.29) is 24.8 Å². The second kappa shape index (κ2) is 9.97. The number of benzene rings is 2. The third kappa shape index (κ3) is 5.14. The van der Waals surface area contributed by atoms with Crippen molar-refractivity contribution in [1.82, 2.24) is 0 Å². The number of nitrogens with zero attached hydrogens (tertiary/aromatic N) is 1. The summed E-state index contributed by atoms with van der Waals surface area (Å²) in [6, 6.07) is 11.7. The maximum atomic E-state index is 12.7. The highest BCUT2D eigenvalue weighted by Gasteiger charge is 2.36.